The van der Waals surface area contributed by atoms with Gasteiger partial charge in [0, 0.05) is 35.6 Å². The molecule has 4 nitrogen and oxygen atoms in total. The summed E-state index contributed by atoms with van der Waals surface area (Å²) in [6.45, 7) is 12.1. The van der Waals surface area contributed by atoms with Gasteiger partial charge in [0.25, 0.3) is 0 Å². The SMILES string of the molecule is CCc1nc2c(-c3ccc(Cl)cc3Cl)nccn2c1N(CC(C)C)C(C)CC. The van der Waals surface area contributed by atoms with Gasteiger partial charge in [-0.15, -0.1) is 0 Å². The number of aryl methyl sites for hydroxylation is 1. The van der Waals surface area contributed by atoms with Crippen LogP contribution in [0.1, 0.15) is 46.7 Å². The summed E-state index contributed by atoms with van der Waals surface area (Å²) in [5.41, 5.74) is 3.53. The van der Waals surface area contributed by atoms with E-state index in [0.29, 0.717) is 22.0 Å². The van der Waals surface area contributed by atoms with E-state index in [1.165, 1.54) is 0 Å². The van der Waals surface area contributed by atoms with Crippen molar-refractivity contribution < 1.29 is 0 Å². The highest BCUT2D eigenvalue weighted by Gasteiger charge is 2.24. The van der Waals surface area contributed by atoms with Crippen LogP contribution in [0.15, 0.2) is 30.6 Å². The molecule has 1 unspecified atom stereocenters. The van der Waals surface area contributed by atoms with Gasteiger partial charge in [-0.05, 0) is 43.9 Å². The van der Waals surface area contributed by atoms with Gasteiger partial charge in [-0.2, -0.15) is 0 Å². The largest absolute Gasteiger partial charge is 0.353 e. The Morgan fingerprint density at radius 2 is 1.89 bits per heavy atom. The summed E-state index contributed by atoms with van der Waals surface area (Å²) >= 11 is 12.6. The van der Waals surface area contributed by atoms with E-state index < -0.39 is 0 Å². The third-order valence-electron chi connectivity index (χ3n) is 5.06. The first-order chi connectivity index (χ1) is 13.4. The minimum Gasteiger partial charge on any atom is -0.353 e. The molecule has 6 heteroatoms. The van der Waals surface area contributed by atoms with Crippen molar-refractivity contribution in [1.82, 2.24) is 14.4 Å². The lowest BCUT2D eigenvalue weighted by Gasteiger charge is -2.32. The average Bonchev–Trinajstić information content (AvgIpc) is 3.04. The zero-order chi connectivity index (χ0) is 20.4. The van der Waals surface area contributed by atoms with E-state index in [1.807, 2.05) is 24.5 Å². The number of hydrogen-bond donors (Lipinski definition) is 0. The molecule has 0 amide bonds. The van der Waals surface area contributed by atoms with Gasteiger partial charge in [0.05, 0.1) is 10.7 Å². The number of benzene rings is 1. The number of imidazole rings is 1. The van der Waals surface area contributed by atoms with Crippen LogP contribution in [-0.2, 0) is 6.42 Å². The van der Waals surface area contributed by atoms with Gasteiger partial charge in [-0.3, -0.25) is 9.38 Å². The number of rotatable bonds is 7. The molecule has 0 saturated carbocycles. The van der Waals surface area contributed by atoms with Gasteiger partial charge in [0.1, 0.15) is 11.5 Å². The van der Waals surface area contributed by atoms with Gasteiger partial charge in [0.2, 0.25) is 0 Å². The minimum absolute atomic E-state index is 0.420. The third-order valence-corrected chi connectivity index (χ3v) is 5.61. The van der Waals surface area contributed by atoms with E-state index in [-0.39, 0.29) is 0 Å². The van der Waals surface area contributed by atoms with E-state index in [0.717, 1.165) is 47.8 Å². The molecular formula is C22H28Cl2N4. The molecule has 0 aliphatic heterocycles. The van der Waals surface area contributed by atoms with Crippen molar-refractivity contribution in [2.45, 2.75) is 53.5 Å². The van der Waals surface area contributed by atoms with Gasteiger partial charge >= 0.3 is 0 Å². The second-order valence-corrected chi connectivity index (χ2v) is 8.48. The molecule has 0 saturated heterocycles. The Hall–Kier alpha value is -1.78. The van der Waals surface area contributed by atoms with Gasteiger partial charge in [-0.25, -0.2) is 4.98 Å². The second kappa shape index (κ2) is 8.71. The van der Waals surface area contributed by atoms with Gasteiger partial charge in [-0.1, -0.05) is 50.9 Å². The monoisotopic (exact) mass is 418 g/mol. The first-order valence-electron chi connectivity index (χ1n) is 9.95. The van der Waals surface area contributed by atoms with Crippen LogP contribution >= 0.6 is 23.2 Å². The van der Waals surface area contributed by atoms with Crippen molar-refractivity contribution in [3.05, 3.63) is 46.3 Å². The van der Waals surface area contributed by atoms with Crippen molar-refractivity contribution in [1.29, 1.82) is 0 Å². The van der Waals surface area contributed by atoms with Crippen LogP contribution in [0.4, 0.5) is 5.82 Å². The molecule has 3 aromatic rings. The van der Waals surface area contributed by atoms with Crippen LogP contribution in [-0.4, -0.2) is 27.0 Å². The van der Waals surface area contributed by atoms with Crippen LogP contribution in [0.3, 0.4) is 0 Å². The van der Waals surface area contributed by atoms with E-state index in [1.54, 1.807) is 6.07 Å². The summed E-state index contributed by atoms with van der Waals surface area (Å²) in [7, 11) is 0. The van der Waals surface area contributed by atoms with Crippen molar-refractivity contribution in [3.63, 3.8) is 0 Å². The molecule has 1 aromatic carbocycles. The van der Waals surface area contributed by atoms with Crippen molar-refractivity contribution in [2.75, 3.05) is 11.4 Å². The highest BCUT2D eigenvalue weighted by molar-refractivity contribution is 6.36. The molecule has 0 spiro atoms. The number of halogens is 2. The number of nitrogens with zero attached hydrogens (tertiary/aromatic N) is 4. The average molecular weight is 419 g/mol. The maximum atomic E-state index is 6.48. The Balaban J connectivity index is 2.25. The summed E-state index contributed by atoms with van der Waals surface area (Å²) in [6.07, 6.45) is 5.75. The molecule has 0 radical (unpaired) electrons. The van der Waals surface area contributed by atoms with E-state index in [4.69, 9.17) is 28.2 Å². The fourth-order valence-electron chi connectivity index (χ4n) is 3.51. The molecule has 1 atom stereocenters. The maximum Gasteiger partial charge on any atom is 0.165 e. The van der Waals surface area contributed by atoms with E-state index in [9.17, 15) is 0 Å². The predicted octanol–water partition coefficient (Wildman–Crippen LogP) is 6.53. The first kappa shape index (κ1) is 20.9. The molecule has 0 N–H and O–H groups in total. The van der Waals surface area contributed by atoms with Crippen LogP contribution in [0, 0.1) is 5.92 Å². The summed E-state index contributed by atoms with van der Waals surface area (Å²) < 4.78 is 2.17. The summed E-state index contributed by atoms with van der Waals surface area (Å²) in [6, 6.07) is 5.91. The fraction of sp³-hybridized carbons (Fsp3) is 0.455. The van der Waals surface area contributed by atoms with Crippen LogP contribution in [0.25, 0.3) is 16.9 Å². The lowest BCUT2D eigenvalue weighted by molar-refractivity contribution is 0.534. The van der Waals surface area contributed by atoms with Crippen molar-refractivity contribution in [2.24, 2.45) is 5.92 Å². The molecule has 150 valence electrons. The summed E-state index contributed by atoms with van der Waals surface area (Å²) in [5, 5.41) is 1.19. The smallest absolute Gasteiger partial charge is 0.165 e. The molecule has 0 aliphatic carbocycles. The molecule has 0 fully saturated rings. The molecule has 2 heterocycles. The van der Waals surface area contributed by atoms with Crippen LogP contribution in [0.5, 0.6) is 0 Å². The fourth-order valence-corrected chi connectivity index (χ4v) is 4.01. The van der Waals surface area contributed by atoms with Crippen LogP contribution in [0.2, 0.25) is 10.0 Å². The molecule has 0 aliphatic rings. The Morgan fingerprint density at radius 1 is 1.14 bits per heavy atom. The Morgan fingerprint density at radius 3 is 2.50 bits per heavy atom. The lowest BCUT2D eigenvalue weighted by atomic mass is 10.1. The maximum absolute atomic E-state index is 6.48. The second-order valence-electron chi connectivity index (χ2n) is 7.63. The van der Waals surface area contributed by atoms with Crippen molar-refractivity contribution in [3.8, 4) is 11.3 Å². The molecule has 3 rings (SSSR count). The Bertz CT molecular complexity index is 965. The normalized spacial score (nSPS) is 12.7. The molecule has 28 heavy (non-hydrogen) atoms. The number of aromatic nitrogens is 3. The number of hydrogen-bond acceptors (Lipinski definition) is 3. The summed E-state index contributed by atoms with van der Waals surface area (Å²) in [5.74, 6) is 1.71. The van der Waals surface area contributed by atoms with Gasteiger partial charge in [0.15, 0.2) is 5.65 Å². The number of fused-ring (bicyclic) bond motifs is 1. The standard InChI is InChI=1S/C22H28Cl2N4/c1-6-15(5)28(13-14(3)4)22-19(7-2)26-21-20(25-10-11-27(21)22)17-9-8-16(23)12-18(17)24/h8-12,14-15H,6-7,13H2,1-5H3. The highest BCUT2D eigenvalue weighted by Crippen LogP contribution is 2.34. The van der Waals surface area contributed by atoms with E-state index in [2.05, 4.69) is 48.9 Å². The molecule has 0 bridgehead atoms. The Kier molecular flexibility index (Phi) is 6.51. The van der Waals surface area contributed by atoms with Crippen molar-refractivity contribution >= 4 is 34.7 Å². The summed E-state index contributed by atoms with van der Waals surface area (Å²) in [4.78, 5) is 12.1. The quantitative estimate of drug-likeness (QED) is 0.437. The van der Waals surface area contributed by atoms with Crippen LogP contribution < -0.4 is 4.90 Å². The topological polar surface area (TPSA) is 33.4 Å². The van der Waals surface area contributed by atoms with E-state index >= 15 is 0 Å². The first-order valence-corrected chi connectivity index (χ1v) is 10.7. The molecular weight excluding hydrogens is 391 g/mol. The lowest BCUT2D eigenvalue weighted by Crippen LogP contribution is -2.37. The Labute approximate surface area is 177 Å². The third kappa shape index (κ3) is 3.99. The predicted molar refractivity (Wildman–Crippen MR) is 120 cm³/mol. The van der Waals surface area contributed by atoms with Gasteiger partial charge < -0.3 is 4.90 Å². The molecule has 2 aromatic heterocycles. The zero-order valence-electron chi connectivity index (χ0n) is 17.2. The minimum atomic E-state index is 0.420. The number of anilines is 1. The highest BCUT2D eigenvalue weighted by atomic mass is 35.5. The zero-order valence-corrected chi connectivity index (χ0v) is 18.7.